The van der Waals surface area contributed by atoms with Gasteiger partial charge in [-0.05, 0) is 18.6 Å². The number of hydrogen-bond donors (Lipinski definition) is 2. The Bertz CT molecular complexity index is 624. The minimum absolute atomic E-state index is 0.407. The molecule has 1 saturated heterocycles. The number of carbonyl (C=O) groups is 1. The van der Waals surface area contributed by atoms with Crippen LogP contribution in [0.4, 0.5) is 5.95 Å². The van der Waals surface area contributed by atoms with Gasteiger partial charge in [-0.1, -0.05) is 6.07 Å². The molecule has 0 radical (unpaired) electrons. The number of piperazine rings is 1. The molecule has 1 aliphatic heterocycles. The average molecular weight is 261 g/mol. The normalized spacial score (nSPS) is 19.8. The van der Waals surface area contributed by atoms with E-state index in [2.05, 4.69) is 15.4 Å². The maximum Gasteiger partial charge on any atom is 0.327 e. The summed E-state index contributed by atoms with van der Waals surface area (Å²) in [6.45, 7) is 3.69. The van der Waals surface area contributed by atoms with Crippen LogP contribution in [0.15, 0.2) is 18.3 Å². The lowest BCUT2D eigenvalue weighted by Gasteiger charge is -2.32. The molecule has 7 heteroatoms. The first-order valence-electron chi connectivity index (χ1n) is 6.19. The lowest BCUT2D eigenvalue weighted by molar-refractivity contribution is -0.138. The fourth-order valence-electron chi connectivity index (χ4n) is 2.31. The van der Waals surface area contributed by atoms with Crippen LogP contribution < -0.4 is 10.2 Å². The van der Waals surface area contributed by atoms with Crippen LogP contribution in [0, 0.1) is 6.92 Å². The molecule has 19 heavy (non-hydrogen) atoms. The van der Waals surface area contributed by atoms with E-state index in [1.165, 1.54) is 0 Å². The Hall–Kier alpha value is -2.15. The molecule has 0 bridgehead atoms. The third-order valence-corrected chi connectivity index (χ3v) is 3.33. The van der Waals surface area contributed by atoms with E-state index in [1.54, 1.807) is 9.42 Å². The maximum absolute atomic E-state index is 11.3. The predicted octanol–water partition coefficient (Wildman–Crippen LogP) is -0.0995. The molecule has 1 atom stereocenters. The van der Waals surface area contributed by atoms with Gasteiger partial charge in [-0.15, -0.1) is 5.10 Å². The SMILES string of the molecule is Cc1cccn2nc(N3CCNCC3C(=O)O)nc12. The number of carboxylic acids is 1. The van der Waals surface area contributed by atoms with Gasteiger partial charge in [0.1, 0.15) is 6.04 Å². The molecule has 2 aromatic heterocycles. The molecule has 1 aliphatic rings. The van der Waals surface area contributed by atoms with Gasteiger partial charge in [-0.2, -0.15) is 4.98 Å². The van der Waals surface area contributed by atoms with E-state index in [0.717, 1.165) is 17.8 Å². The number of hydrogen-bond acceptors (Lipinski definition) is 5. The third-order valence-electron chi connectivity index (χ3n) is 3.33. The van der Waals surface area contributed by atoms with Crippen LogP contribution in [-0.2, 0) is 4.79 Å². The smallest absolute Gasteiger partial charge is 0.327 e. The quantitative estimate of drug-likeness (QED) is 0.785. The van der Waals surface area contributed by atoms with Gasteiger partial charge in [0.2, 0.25) is 5.95 Å². The summed E-state index contributed by atoms with van der Waals surface area (Å²) >= 11 is 0. The molecule has 100 valence electrons. The van der Waals surface area contributed by atoms with Crippen molar-refractivity contribution in [2.45, 2.75) is 13.0 Å². The van der Waals surface area contributed by atoms with Gasteiger partial charge in [-0.3, -0.25) is 0 Å². The van der Waals surface area contributed by atoms with Gasteiger partial charge in [0.15, 0.2) is 5.65 Å². The van der Waals surface area contributed by atoms with E-state index in [0.29, 0.717) is 19.0 Å². The van der Waals surface area contributed by atoms with E-state index in [-0.39, 0.29) is 0 Å². The molecule has 0 aliphatic carbocycles. The van der Waals surface area contributed by atoms with Gasteiger partial charge in [0, 0.05) is 25.8 Å². The topological polar surface area (TPSA) is 82.8 Å². The van der Waals surface area contributed by atoms with Crippen molar-refractivity contribution in [3.05, 3.63) is 23.9 Å². The lowest BCUT2D eigenvalue weighted by atomic mass is 10.2. The molecular formula is C12H15N5O2. The fourth-order valence-corrected chi connectivity index (χ4v) is 2.31. The second kappa shape index (κ2) is 4.51. The Morgan fingerprint density at radius 1 is 1.58 bits per heavy atom. The molecule has 3 heterocycles. The summed E-state index contributed by atoms with van der Waals surface area (Å²) in [5.41, 5.74) is 1.78. The Morgan fingerprint density at radius 3 is 3.16 bits per heavy atom. The highest BCUT2D eigenvalue weighted by Crippen LogP contribution is 2.17. The van der Waals surface area contributed by atoms with Gasteiger partial charge >= 0.3 is 5.97 Å². The first-order valence-corrected chi connectivity index (χ1v) is 6.19. The number of rotatable bonds is 2. The first kappa shape index (κ1) is 11.9. The van der Waals surface area contributed by atoms with Gasteiger partial charge < -0.3 is 15.3 Å². The number of aromatic nitrogens is 3. The minimum atomic E-state index is -0.859. The highest BCUT2D eigenvalue weighted by Gasteiger charge is 2.31. The van der Waals surface area contributed by atoms with Crippen LogP contribution >= 0.6 is 0 Å². The molecule has 0 aromatic carbocycles. The van der Waals surface area contributed by atoms with E-state index in [1.807, 2.05) is 25.3 Å². The van der Waals surface area contributed by atoms with E-state index in [4.69, 9.17) is 0 Å². The van der Waals surface area contributed by atoms with Crippen molar-refractivity contribution >= 4 is 17.6 Å². The second-order valence-corrected chi connectivity index (χ2v) is 4.62. The molecule has 7 nitrogen and oxygen atoms in total. The number of fused-ring (bicyclic) bond motifs is 1. The number of aryl methyl sites for hydroxylation is 1. The van der Waals surface area contributed by atoms with Crippen LogP contribution in [0.25, 0.3) is 5.65 Å². The Balaban J connectivity index is 2.02. The number of nitrogens with one attached hydrogen (secondary N) is 1. The predicted molar refractivity (Wildman–Crippen MR) is 69.4 cm³/mol. The zero-order valence-electron chi connectivity index (χ0n) is 10.6. The highest BCUT2D eigenvalue weighted by atomic mass is 16.4. The summed E-state index contributed by atoms with van der Waals surface area (Å²) in [5, 5.41) is 16.7. The zero-order valence-corrected chi connectivity index (χ0v) is 10.6. The lowest BCUT2D eigenvalue weighted by Crippen LogP contribution is -2.55. The molecule has 2 N–H and O–H groups in total. The Morgan fingerprint density at radius 2 is 2.42 bits per heavy atom. The number of anilines is 1. The van der Waals surface area contributed by atoms with Crippen molar-refractivity contribution < 1.29 is 9.90 Å². The summed E-state index contributed by atoms with van der Waals surface area (Å²) in [6, 6.07) is 3.24. The van der Waals surface area contributed by atoms with Crippen molar-refractivity contribution in [3.8, 4) is 0 Å². The largest absolute Gasteiger partial charge is 0.480 e. The number of carboxylic acid groups (broad SMARTS) is 1. The molecular weight excluding hydrogens is 246 g/mol. The Kier molecular flexibility index (Phi) is 2.83. The molecule has 1 fully saturated rings. The monoisotopic (exact) mass is 261 g/mol. The van der Waals surface area contributed by atoms with E-state index < -0.39 is 12.0 Å². The highest BCUT2D eigenvalue weighted by molar-refractivity contribution is 5.78. The summed E-state index contributed by atoms with van der Waals surface area (Å²) in [5.74, 6) is -0.383. The van der Waals surface area contributed by atoms with Crippen LogP contribution in [0.5, 0.6) is 0 Å². The van der Waals surface area contributed by atoms with Crippen LogP contribution in [0.2, 0.25) is 0 Å². The molecule has 0 spiro atoms. The zero-order chi connectivity index (χ0) is 13.4. The van der Waals surface area contributed by atoms with Crippen molar-refractivity contribution in [1.82, 2.24) is 19.9 Å². The van der Waals surface area contributed by atoms with Crippen molar-refractivity contribution in [3.63, 3.8) is 0 Å². The van der Waals surface area contributed by atoms with Gasteiger partial charge in [0.05, 0.1) is 0 Å². The van der Waals surface area contributed by atoms with Crippen LogP contribution in [0.1, 0.15) is 5.56 Å². The average Bonchev–Trinajstić information content (AvgIpc) is 2.84. The fraction of sp³-hybridized carbons (Fsp3) is 0.417. The molecule has 3 rings (SSSR count). The standard InChI is InChI=1S/C12H15N5O2/c1-8-3-2-5-17-10(8)14-12(15-17)16-6-4-13-7-9(16)11(18)19/h2-3,5,9,13H,4,6-7H2,1H3,(H,18,19). The van der Waals surface area contributed by atoms with Crippen LogP contribution in [0.3, 0.4) is 0 Å². The summed E-state index contributed by atoms with van der Waals surface area (Å²) in [7, 11) is 0. The van der Waals surface area contributed by atoms with Crippen molar-refractivity contribution in [2.24, 2.45) is 0 Å². The summed E-state index contributed by atoms with van der Waals surface area (Å²) in [6.07, 6.45) is 1.82. The van der Waals surface area contributed by atoms with E-state index >= 15 is 0 Å². The number of pyridine rings is 1. The van der Waals surface area contributed by atoms with Crippen LogP contribution in [-0.4, -0.2) is 51.4 Å². The van der Waals surface area contributed by atoms with Crippen molar-refractivity contribution in [2.75, 3.05) is 24.5 Å². The molecule has 0 saturated carbocycles. The van der Waals surface area contributed by atoms with Crippen molar-refractivity contribution in [1.29, 1.82) is 0 Å². The molecule has 2 aromatic rings. The number of nitrogens with zero attached hydrogens (tertiary/aromatic N) is 4. The second-order valence-electron chi connectivity index (χ2n) is 4.62. The number of aliphatic carboxylic acids is 1. The first-order chi connectivity index (χ1) is 9.16. The maximum atomic E-state index is 11.3. The molecule has 1 unspecified atom stereocenters. The summed E-state index contributed by atoms with van der Waals surface area (Å²) in [4.78, 5) is 17.5. The van der Waals surface area contributed by atoms with Gasteiger partial charge in [-0.25, -0.2) is 9.31 Å². The third kappa shape index (κ3) is 2.01. The Labute approximate surface area is 109 Å². The van der Waals surface area contributed by atoms with E-state index in [9.17, 15) is 9.90 Å². The van der Waals surface area contributed by atoms with Gasteiger partial charge in [0.25, 0.3) is 0 Å². The molecule has 0 amide bonds. The summed E-state index contributed by atoms with van der Waals surface area (Å²) < 4.78 is 1.69. The minimum Gasteiger partial charge on any atom is -0.480 e.